The molecule has 1 atom stereocenters. The summed E-state index contributed by atoms with van der Waals surface area (Å²) in [6.45, 7) is 6.72. The Balaban J connectivity index is 0.00000420. The van der Waals surface area contributed by atoms with Gasteiger partial charge >= 0.3 is 0 Å². The zero-order chi connectivity index (χ0) is 20.7. The van der Waals surface area contributed by atoms with E-state index in [0.717, 1.165) is 12.1 Å². The molecule has 2 N–H and O–H groups in total. The molecule has 0 aliphatic rings. The second-order valence-electron chi connectivity index (χ2n) is 7.01. The van der Waals surface area contributed by atoms with Gasteiger partial charge in [-0.2, -0.15) is 5.10 Å². The normalized spacial score (nSPS) is 12.9. The van der Waals surface area contributed by atoms with Gasteiger partial charge in [-0.25, -0.2) is 8.42 Å². The Morgan fingerprint density at radius 3 is 2.45 bits per heavy atom. The van der Waals surface area contributed by atoms with Crippen molar-refractivity contribution in [2.45, 2.75) is 44.6 Å². The van der Waals surface area contributed by atoms with Gasteiger partial charge in [0.05, 0.1) is 16.3 Å². The number of hydrogen-bond acceptors (Lipinski definition) is 4. The highest BCUT2D eigenvalue weighted by Crippen LogP contribution is 2.14. The van der Waals surface area contributed by atoms with E-state index >= 15 is 0 Å². The molecule has 162 valence electrons. The van der Waals surface area contributed by atoms with Crippen molar-refractivity contribution in [2.24, 2.45) is 12.0 Å². The second kappa shape index (κ2) is 11.5. The number of hydrogen-bond donors (Lipinski definition) is 2. The molecule has 2 aromatic rings. The highest BCUT2D eigenvalue weighted by molar-refractivity contribution is 14.0. The van der Waals surface area contributed by atoms with Crippen molar-refractivity contribution in [2.75, 3.05) is 19.3 Å². The molecule has 0 saturated heterocycles. The van der Waals surface area contributed by atoms with Gasteiger partial charge in [0, 0.05) is 32.4 Å². The number of guanidine groups is 1. The Bertz CT molecular complexity index is 910. The van der Waals surface area contributed by atoms with E-state index in [4.69, 9.17) is 0 Å². The molecule has 0 amide bonds. The molecule has 7 nitrogen and oxygen atoms in total. The molecule has 9 heteroatoms. The van der Waals surface area contributed by atoms with Gasteiger partial charge in [-0.15, -0.1) is 24.0 Å². The van der Waals surface area contributed by atoms with Crippen LogP contribution in [0.3, 0.4) is 0 Å². The quantitative estimate of drug-likeness (QED) is 0.236. The zero-order valence-electron chi connectivity index (χ0n) is 17.8. The Morgan fingerprint density at radius 2 is 1.90 bits per heavy atom. The number of halogens is 1. The molecule has 0 bridgehead atoms. The number of aliphatic imine (C=N–C) groups is 1. The Labute approximate surface area is 191 Å². The van der Waals surface area contributed by atoms with Crippen molar-refractivity contribution >= 4 is 39.8 Å². The summed E-state index contributed by atoms with van der Waals surface area (Å²) in [6, 6.07) is 8.72. The summed E-state index contributed by atoms with van der Waals surface area (Å²) in [7, 11) is 0.418. The first kappa shape index (κ1) is 25.4. The van der Waals surface area contributed by atoms with Crippen LogP contribution in [0.5, 0.6) is 0 Å². The van der Waals surface area contributed by atoms with Crippen LogP contribution in [0.4, 0.5) is 0 Å². The molecule has 0 aliphatic carbocycles. The zero-order valence-corrected chi connectivity index (χ0v) is 20.9. The molecule has 0 radical (unpaired) electrons. The van der Waals surface area contributed by atoms with Crippen LogP contribution in [0.15, 0.2) is 40.2 Å². The maximum absolute atomic E-state index is 12.3. The predicted molar refractivity (Wildman–Crippen MR) is 129 cm³/mol. The number of sulfone groups is 1. The van der Waals surface area contributed by atoms with Crippen LogP contribution in [0.25, 0.3) is 0 Å². The minimum absolute atomic E-state index is 0. The van der Waals surface area contributed by atoms with Crippen LogP contribution in [-0.4, -0.2) is 49.5 Å². The van der Waals surface area contributed by atoms with Crippen molar-refractivity contribution in [3.63, 3.8) is 0 Å². The summed E-state index contributed by atoms with van der Waals surface area (Å²) in [5, 5.41) is 11.0. The fourth-order valence-corrected chi connectivity index (χ4v) is 4.44. The third-order valence-electron chi connectivity index (χ3n) is 4.76. The minimum Gasteiger partial charge on any atom is -0.356 e. The fraction of sp³-hybridized carbons (Fsp3) is 0.500. The lowest BCUT2D eigenvalue weighted by molar-refractivity contribution is 0.591. The van der Waals surface area contributed by atoms with Crippen LogP contribution in [0.2, 0.25) is 0 Å². The summed E-state index contributed by atoms with van der Waals surface area (Å²) in [6.07, 6.45) is 1.35. The van der Waals surface area contributed by atoms with Crippen LogP contribution in [0.1, 0.15) is 30.3 Å². The van der Waals surface area contributed by atoms with Gasteiger partial charge in [0.25, 0.3) is 0 Å². The summed E-state index contributed by atoms with van der Waals surface area (Å²) >= 11 is 0. The molecular weight excluding hydrogens is 501 g/mol. The van der Waals surface area contributed by atoms with E-state index in [1.165, 1.54) is 11.3 Å². The van der Waals surface area contributed by atoms with Crippen molar-refractivity contribution in [3.8, 4) is 0 Å². The van der Waals surface area contributed by atoms with Crippen LogP contribution in [0, 0.1) is 13.8 Å². The smallest absolute Gasteiger partial charge is 0.191 e. The van der Waals surface area contributed by atoms with E-state index in [0.29, 0.717) is 23.8 Å². The van der Waals surface area contributed by atoms with E-state index in [1.807, 2.05) is 24.7 Å². The monoisotopic (exact) mass is 533 g/mol. The first-order valence-corrected chi connectivity index (χ1v) is 11.1. The van der Waals surface area contributed by atoms with E-state index in [-0.39, 0.29) is 35.8 Å². The summed E-state index contributed by atoms with van der Waals surface area (Å²) in [5.41, 5.74) is 3.45. The molecule has 29 heavy (non-hydrogen) atoms. The Kier molecular flexibility index (Phi) is 10.1. The summed E-state index contributed by atoms with van der Waals surface area (Å²) in [5.74, 6) is 0.772. The van der Waals surface area contributed by atoms with Crippen LogP contribution in [-0.2, 0) is 23.3 Å². The molecule has 0 aliphatic heterocycles. The van der Waals surface area contributed by atoms with Crippen molar-refractivity contribution < 1.29 is 8.42 Å². The first-order valence-electron chi connectivity index (χ1n) is 9.48. The van der Waals surface area contributed by atoms with E-state index in [1.54, 1.807) is 31.3 Å². The molecule has 1 aromatic heterocycles. The number of rotatable bonds is 8. The van der Waals surface area contributed by atoms with Gasteiger partial charge in [-0.3, -0.25) is 9.67 Å². The highest BCUT2D eigenvalue weighted by atomic mass is 127. The standard InChI is InChI=1S/C20H31N5O2S.HI/c1-15(14-19-16(2)24-25(5)17(19)3)23-20(21-4)22-12-9-13-28(26,27)18-10-7-6-8-11-18;/h6-8,10-11,15H,9,12-14H2,1-5H3,(H2,21,22,23);1H. The minimum atomic E-state index is -3.25. The van der Waals surface area contributed by atoms with Crippen LogP contribution >= 0.6 is 24.0 Å². The Morgan fingerprint density at radius 1 is 1.24 bits per heavy atom. The molecule has 1 unspecified atom stereocenters. The lowest BCUT2D eigenvalue weighted by atomic mass is 10.1. The molecule has 0 spiro atoms. The van der Waals surface area contributed by atoms with Crippen LogP contribution < -0.4 is 10.6 Å². The maximum Gasteiger partial charge on any atom is 0.191 e. The van der Waals surface area contributed by atoms with Gasteiger partial charge in [0.15, 0.2) is 15.8 Å². The van der Waals surface area contributed by atoms with E-state index in [2.05, 4.69) is 34.6 Å². The van der Waals surface area contributed by atoms with Gasteiger partial charge < -0.3 is 10.6 Å². The van der Waals surface area contributed by atoms with Crippen molar-refractivity contribution in [1.82, 2.24) is 20.4 Å². The molecule has 1 aromatic carbocycles. The van der Waals surface area contributed by atoms with E-state index in [9.17, 15) is 8.42 Å². The second-order valence-corrected chi connectivity index (χ2v) is 9.12. The van der Waals surface area contributed by atoms with Gasteiger partial charge in [-0.1, -0.05) is 18.2 Å². The van der Waals surface area contributed by atoms with Crippen molar-refractivity contribution in [1.29, 1.82) is 0 Å². The first-order chi connectivity index (χ1) is 13.2. The highest BCUT2D eigenvalue weighted by Gasteiger charge is 2.15. The largest absolute Gasteiger partial charge is 0.356 e. The van der Waals surface area contributed by atoms with E-state index < -0.39 is 9.84 Å². The average Bonchev–Trinajstić information content (AvgIpc) is 2.91. The SMILES string of the molecule is CN=C(NCCCS(=O)(=O)c1ccccc1)NC(C)Cc1c(C)nn(C)c1C.I. The number of aromatic nitrogens is 2. The molecular formula is C20H32IN5O2S. The molecule has 0 fully saturated rings. The summed E-state index contributed by atoms with van der Waals surface area (Å²) < 4.78 is 26.5. The number of nitrogens with zero attached hydrogens (tertiary/aromatic N) is 3. The average molecular weight is 533 g/mol. The van der Waals surface area contributed by atoms with Gasteiger partial charge in [0.1, 0.15) is 0 Å². The number of benzene rings is 1. The Hall–Kier alpha value is -1.62. The molecule has 1 heterocycles. The summed E-state index contributed by atoms with van der Waals surface area (Å²) in [4.78, 5) is 4.60. The van der Waals surface area contributed by atoms with Gasteiger partial charge in [-0.05, 0) is 51.3 Å². The third kappa shape index (κ3) is 7.29. The topological polar surface area (TPSA) is 88.4 Å². The number of aryl methyl sites for hydroxylation is 2. The fourth-order valence-electron chi connectivity index (χ4n) is 3.11. The molecule has 2 rings (SSSR count). The lowest BCUT2D eigenvalue weighted by Gasteiger charge is -2.18. The lowest BCUT2D eigenvalue weighted by Crippen LogP contribution is -2.43. The van der Waals surface area contributed by atoms with Crippen molar-refractivity contribution in [3.05, 3.63) is 47.3 Å². The third-order valence-corrected chi connectivity index (χ3v) is 6.58. The number of nitrogens with one attached hydrogen (secondary N) is 2. The molecule has 0 saturated carbocycles. The van der Waals surface area contributed by atoms with Gasteiger partial charge in [0.2, 0.25) is 0 Å². The maximum atomic E-state index is 12.3. The predicted octanol–water partition coefficient (Wildman–Crippen LogP) is 2.61.